The number of carbonyl (C=O) groups excluding carboxylic acids is 1. The topological polar surface area (TPSA) is 78.5 Å². The molecule has 2 aliphatic rings. The molecule has 2 fully saturated rings. The molecule has 196 valence electrons. The highest BCUT2D eigenvalue weighted by Gasteiger charge is 2.61. The number of halogens is 5. The maximum Gasteiger partial charge on any atom is 0.318 e. The molecule has 2 N–H and O–H groups in total. The molecule has 3 atom stereocenters. The van der Waals surface area contributed by atoms with Crippen molar-refractivity contribution in [2.75, 3.05) is 19.2 Å². The van der Waals surface area contributed by atoms with Gasteiger partial charge in [0, 0.05) is 29.6 Å². The molecule has 1 saturated carbocycles. The Hall–Kier alpha value is -2.73. The normalized spacial score (nSPS) is 21.6. The van der Waals surface area contributed by atoms with E-state index in [-0.39, 0.29) is 29.7 Å². The van der Waals surface area contributed by atoms with Crippen molar-refractivity contribution in [1.29, 1.82) is 0 Å². The van der Waals surface area contributed by atoms with Gasteiger partial charge in [-0.05, 0) is 49.4 Å². The second-order valence-corrected chi connectivity index (χ2v) is 11.2. The average molecular weight is 532 g/mol. The van der Waals surface area contributed by atoms with Crippen LogP contribution in [0.3, 0.4) is 0 Å². The van der Waals surface area contributed by atoms with Crippen molar-refractivity contribution in [2.45, 2.75) is 44.3 Å². The van der Waals surface area contributed by atoms with E-state index in [1.165, 1.54) is 30.0 Å². The lowest BCUT2D eigenvalue weighted by Crippen LogP contribution is -2.53. The predicted octanol–water partition coefficient (Wildman–Crippen LogP) is 4.06. The van der Waals surface area contributed by atoms with Crippen LogP contribution in [0.5, 0.6) is 0 Å². The summed E-state index contributed by atoms with van der Waals surface area (Å²) in [4.78, 5) is 14.3. The molecule has 1 aliphatic carbocycles. The molecule has 0 unspecified atom stereocenters. The maximum absolute atomic E-state index is 15.6. The van der Waals surface area contributed by atoms with E-state index in [2.05, 4.69) is 10.0 Å². The van der Waals surface area contributed by atoms with Gasteiger partial charge in [-0.3, -0.25) is 0 Å². The summed E-state index contributed by atoms with van der Waals surface area (Å²) in [5, 5.41) is 2.50. The molecule has 1 aliphatic heterocycles. The Kier molecular flexibility index (Phi) is 7.29. The molecule has 1 saturated heterocycles. The van der Waals surface area contributed by atoms with Crippen molar-refractivity contribution in [2.24, 2.45) is 5.41 Å². The molecule has 1 spiro atoms. The number of rotatable bonds is 8. The minimum absolute atomic E-state index is 0.0296. The van der Waals surface area contributed by atoms with E-state index in [0.29, 0.717) is 18.9 Å². The first-order valence-electron chi connectivity index (χ1n) is 11.4. The fourth-order valence-corrected chi connectivity index (χ4v) is 5.74. The van der Waals surface area contributed by atoms with Crippen molar-refractivity contribution < 1.29 is 35.2 Å². The zero-order valence-electron chi connectivity index (χ0n) is 19.4. The van der Waals surface area contributed by atoms with Crippen LogP contribution in [-0.4, -0.2) is 56.7 Å². The predicted molar refractivity (Wildman–Crippen MR) is 123 cm³/mol. The molecular formula is C24H26F5N3O3S. The molecule has 36 heavy (non-hydrogen) atoms. The summed E-state index contributed by atoms with van der Waals surface area (Å²) in [6.07, 6.45) is 0.961. The number of nitrogens with zero attached hydrogens (tertiary/aromatic N) is 1. The monoisotopic (exact) mass is 531 g/mol. The number of carbonyl (C=O) groups is 1. The molecular weight excluding hydrogens is 505 g/mol. The summed E-state index contributed by atoms with van der Waals surface area (Å²) in [5.41, 5.74) is -0.685. The first-order chi connectivity index (χ1) is 17.0. The molecule has 6 nitrogen and oxygen atoms in total. The highest BCUT2D eigenvalue weighted by atomic mass is 32.2. The van der Waals surface area contributed by atoms with Gasteiger partial charge in [0.05, 0.1) is 12.1 Å². The van der Waals surface area contributed by atoms with E-state index in [9.17, 15) is 30.8 Å². The number of hydrogen-bond acceptors (Lipinski definition) is 3. The number of hydrogen-bond donors (Lipinski definition) is 2. The average Bonchev–Trinajstić information content (AvgIpc) is 3.54. The molecule has 4 rings (SSSR count). The van der Waals surface area contributed by atoms with Crippen LogP contribution in [0.4, 0.5) is 26.7 Å². The summed E-state index contributed by atoms with van der Waals surface area (Å²) in [6.45, 7) is 0.757. The van der Waals surface area contributed by atoms with Crippen LogP contribution in [0.2, 0.25) is 0 Å². The van der Waals surface area contributed by atoms with E-state index in [4.69, 9.17) is 0 Å². The van der Waals surface area contributed by atoms with Crippen molar-refractivity contribution in [3.05, 3.63) is 59.4 Å². The maximum atomic E-state index is 15.6. The van der Waals surface area contributed by atoms with Gasteiger partial charge in [-0.25, -0.2) is 39.9 Å². The summed E-state index contributed by atoms with van der Waals surface area (Å²) in [7, 11) is -4.32. The summed E-state index contributed by atoms with van der Waals surface area (Å²) in [6, 6.07) is 1.94. The zero-order valence-corrected chi connectivity index (χ0v) is 20.2. The first-order valence-corrected chi connectivity index (χ1v) is 13.1. The number of urea groups is 1. The highest BCUT2D eigenvalue weighted by molar-refractivity contribution is 7.89. The lowest BCUT2D eigenvalue weighted by molar-refractivity contribution is 0.183. The Morgan fingerprint density at radius 2 is 1.81 bits per heavy atom. The van der Waals surface area contributed by atoms with Crippen LogP contribution >= 0.6 is 0 Å². The largest absolute Gasteiger partial charge is 0.333 e. The Morgan fingerprint density at radius 1 is 1.14 bits per heavy atom. The Bertz CT molecular complexity index is 1240. The minimum Gasteiger partial charge on any atom is -0.333 e. The van der Waals surface area contributed by atoms with Crippen LogP contribution in [0.15, 0.2) is 36.4 Å². The van der Waals surface area contributed by atoms with Gasteiger partial charge >= 0.3 is 6.03 Å². The third-order valence-corrected chi connectivity index (χ3v) is 7.72. The molecule has 2 aromatic rings. The lowest BCUT2D eigenvalue weighted by Gasteiger charge is -2.30. The number of amides is 2. The van der Waals surface area contributed by atoms with Crippen LogP contribution in [0.1, 0.15) is 25.3 Å². The lowest BCUT2D eigenvalue weighted by atomic mass is 9.91. The molecule has 0 radical (unpaired) electrons. The fourth-order valence-electron chi connectivity index (χ4n) is 4.88. The molecule has 0 bridgehead atoms. The van der Waals surface area contributed by atoms with Gasteiger partial charge in [0.2, 0.25) is 16.0 Å². The summed E-state index contributed by atoms with van der Waals surface area (Å²) < 4.78 is 95.9. The standard InChI is InChI=1S/C24H26F5N3O3S/c1-14(11-25)30-23(33)32-12-24(5-6-24)22(31-36(34,35)13-26)20(32)9-15-3-2-4-19(21(15)29)16-7-17(27)10-18(28)8-16/h2-4,7-8,10,14,20,22,31H,5-6,9,11-13H2,1H3,(H,30,33)/t14-,20+,22-/m1/s1. The van der Waals surface area contributed by atoms with E-state index < -0.39 is 69.7 Å². The number of nitrogens with one attached hydrogen (secondary N) is 2. The van der Waals surface area contributed by atoms with Gasteiger partial charge in [-0.2, -0.15) is 0 Å². The van der Waals surface area contributed by atoms with Crippen LogP contribution in [-0.2, 0) is 16.4 Å². The van der Waals surface area contributed by atoms with E-state index in [1.54, 1.807) is 0 Å². The van der Waals surface area contributed by atoms with E-state index in [0.717, 1.165) is 12.1 Å². The number of benzene rings is 2. The van der Waals surface area contributed by atoms with Crippen molar-refractivity contribution >= 4 is 16.1 Å². The third-order valence-electron chi connectivity index (χ3n) is 6.82. The zero-order chi connectivity index (χ0) is 26.3. The van der Waals surface area contributed by atoms with E-state index in [1.807, 2.05) is 0 Å². The number of sulfonamides is 1. The Morgan fingerprint density at radius 3 is 2.39 bits per heavy atom. The smallest absolute Gasteiger partial charge is 0.318 e. The fraction of sp³-hybridized carbons (Fsp3) is 0.458. The van der Waals surface area contributed by atoms with Crippen LogP contribution < -0.4 is 10.0 Å². The van der Waals surface area contributed by atoms with Gasteiger partial charge < -0.3 is 10.2 Å². The van der Waals surface area contributed by atoms with Gasteiger partial charge in [-0.1, -0.05) is 18.2 Å². The Balaban J connectivity index is 1.72. The van der Waals surface area contributed by atoms with Gasteiger partial charge in [0.25, 0.3) is 0 Å². The number of likely N-dealkylation sites (tertiary alicyclic amines) is 1. The number of alkyl halides is 2. The van der Waals surface area contributed by atoms with Crippen molar-refractivity contribution in [1.82, 2.24) is 14.9 Å². The molecule has 1 heterocycles. The molecule has 0 aromatic heterocycles. The van der Waals surface area contributed by atoms with Gasteiger partial charge in [0.1, 0.15) is 24.1 Å². The quantitative estimate of drug-likeness (QED) is 0.505. The second-order valence-electron chi connectivity index (χ2n) is 9.52. The van der Waals surface area contributed by atoms with Crippen LogP contribution in [0.25, 0.3) is 11.1 Å². The second kappa shape index (κ2) is 9.97. The third kappa shape index (κ3) is 5.34. The summed E-state index contributed by atoms with van der Waals surface area (Å²) in [5.74, 6) is -2.55. The van der Waals surface area contributed by atoms with Crippen molar-refractivity contribution in [3.63, 3.8) is 0 Å². The molecule has 2 aromatic carbocycles. The highest BCUT2D eigenvalue weighted by Crippen LogP contribution is 2.55. The first kappa shape index (κ1) is 26.3. The minimum atomic E-state index is -4.32. The Labute approximate surface area is 205 Å². The summed E-state index contributed by atoms with van der Waals surface area (Å²) >= 11 is 0. The van der Waals surface area contributed by atoms with E-state index >= 15 is 4.39 Å². The van der Waals surface area contributed by atoms with Gasteiger partial charge in [-0.15, -0.1) is 0 Å². The SMILES string of the molecule is C[C@H](CF)NC(=O)N1CC2(CC2)[C@H](NS(=O)(=O)CF)[C@@H]1Cc1cccc(-c2cc(F)cc(F)c2)c1F. The van der Waals surface area contributed by atoms with Crippen molar-refractivity contribution in [3.8, 4) is 11.1 Å². The molecule has 2 amide bonds. The van der Waals surface area contributed by atoms with Gasteiger partial charge in [0.15, 0.2) is 0 Å². The van der Waals surface area contributed by atoms with Crippen LogP contribution in [0, 0.1) is 22.9 Å². The molecule has 12 heteroatoms.